The molecule has 0 aromatic heterocycles. The van der Waals surface area contributed by atoms with Crippen molar-refractivity contribution in [2.24, 2.45) is 5.92 Å². The summed E-state index contributed by atoms with van der Waals surface area (Å²) in [4.78, 5) is 0.402. The van der Waals surface area contributed by atoms with Crippen LogP contribution >= 0.6 is 31.9 Å². The van der Waals surface area contributed by atoms with Gasteiger partial charge in [-0.2, -0.15) is 0 Å². The SMILES string of the molecule is CC(C)C(Br)C(C)c1ccc(F)cc1Br. The van der Waals surface area contributed by atoms with E-state index in [1.807, 2.05) is 6.07 Å². The van der Waals surface area contributed by atoms with E-state index < -0.39 is 0 Å². The van der Waals surface area contributed by atoms with Gasteiger partial charge in [0.1, 0.15) is 5.82 Å². The zero-order valence-corrected chi connectivity index (χ0v) is 12.3. The Morgan fingerprint density at radius 3 is 2.27 bits per heavy atom. The molecular weight excluding hydrogens is 323 g/mol. The van der Waals surface area contributed by atoms with E-state index in [0.29, 0.717) is 16.7 Å². The van der Waals surface area contributed by atoms with Crippen LogP contribution in [0, 0.1) is 11.7 Å². The van der Waals surface area contributed by atoms with Crippen LogP contribution in [0.4, 0.5) is 4.39 Å². The van der Waals surface area contributed by atoms with Crippen molar-refractivity contribution in [2.45, 2.75) is 31.5 Å². The lowest BCUT2D eigenvalue weighted by atomic mass is 9.92. The molecule has 0 fully saturated rings. The molecule has 1 aromatic rings. The number of halogens is 3. The Bertz CT molecular complexity index is 336. The average molecular weight is 338 g/mol. The monoisotopic (exact) mass is 336 g/mol. The summed E-state index contributed by atoms with van der Waals surface area (Å²) in [5, 5.41) is 0. The summed E-state index contributed by atoms with van der Waals surface area (Å²) in [5.74, 6) is 0.713. The summed E-state index contributed by atoms with van der Waals surface area (Å²) in [6.07, 6.45) is 0. The number of benzene rings is 1. The first-order valence-electron chi connectivity index (χ1n) is 5.02. The maximum Gasteiger partial charge on any atom is 0.124 e. The summed E-state index contributed by atoms with van der Waals surface area (Å²) >= 11 is 7.09. The second-order valence-electron chi connectivity index (χ2n) is 4.14. The fourth-order valence-corrected chi connectivity index (χ4v) is 2.62. The van der Waals surface area contributed by atoms with Crippen molar-refractivity contribution in [3.63, 3.8) is 0 Å². The zero-order valence-electron chi connectivity index (χ0n) is 9.10. The van der Waals surface area contributed by atoms with Crippen LogP contribution < -0.4 is 0 Å². The number of hydrogen-bond acceptors (Lipinski definition) is 0. The normalized spacial score (nSPS) is 15.4. The highest BCUT2D eigenvalue weighted by Gasteiger charge is 2.21. The van der Waals surface area contributed by atoms with Gasteiger partial charge in [0, 0.05) is 9.30 Å². The summed E-state index contributed by atoms with van der Waals surface area (Å²) < 4.78 is 13.8. The molecule has 0 amide bonds. The quantitative estimate of drug-likeness (QED) is 0.672. The minimum atomic E-state index is -0.200. The lowest BCUT2D eigenvalue weighted by molar-refractivity contribution is 0.547. The van der Waals surface area contributed by atoms with Gasteiger partial charge in [-0.1, -0.05) is 58.7 Å². The zero-order chi connectivity index (χ0) is 11.6. The third kappa shape index (κ3) is 3.28. The van der Waals surface area contributed by atoms with Crippen LogP contribution in [0.25, 0.3) is 0 Å². The fourth-order valence-electron chi connectivity index (χ4n) is 1.62. The highest BCUT2D eigenvalue weighted by atomic mass is 79.9. The van der Waals surface area contributed by atoms with Crippen LogP contribution in [0.15, 0.2) is 22.7 Å². The summed E-state index contributed by atoms with van der Waals surface area (Å²) in [5.41, 5.74) is 1.15. The summed E-state index contributed by atoms with van der Waals surface area (Å²) in [6, 6.07) is 4.88. The minimum absolute atomic E-state index is 0.200. The van der Waals surface area contributed by atoms with Crippen molar-refractivity contribution in [3.8, 4) is 0 Å². The molecule has 0 spiro atoms. The van der Waals surface area contributed by atoms with Gasteiger partial charge in [0.15, 0.2) is 0 Å². The van der Waals surface area contributed by atoms with E-state index in [1.165, 1.54) is 12.1 Å². The van der Waals surface area contributed by atoms with Gasteiger partial charge >= 0.3 is 0 Å². The average Bonchev–Trinajstić information content (AvgIpc) is 2.15. The second kappa shape index (κ2) is 5.44. The van der Waals surface area contributed by atoms with Gasteiger partial charge in [0.05, 0.1) is 0 Å². The molecule has 1 rings (SSSR count). The molecule has 1 aromatic carbocycles. The molecule has 0 heterocycles. The summed E-state index contributed by atoms with van der Waals surface area (Å²) in [7, 11) is 0. The Hall–Kier alpha value is 0.110. The standard InChI is InChI=1S/C12H15Br2F/c1-7(2)12(14)8(3)10-5-4-9(15)6-11(10)13/h4-8,12H,1-3H3. The topological polar surface area (TPSA) is 0 Å². The molecular formula is C12H15Br2F. The van der Waals surface area contributed by atoms with Crippen LogP contribution in [0.1, 0.15) is 32.3 Å². The van der Waals surface area contributed by atoms with E-state index in [0.717, 1.165) is 10.0 Å². The third-order valence-corrected chi connectivity index (χ3v) is 5.10. The van der Waals surface area contributed by atoms with Gasteiger partial charge in [-0.3, -0.25) is 0 Å². The molecule has 0 saturated heterocycles. The van der Waals surface area contributed by atoms with Crippen molar-refractivity contribution in [3.05, 3.63) is 34.1 Å². The molecule has 0 aliphatic heterocycles. The first kappa shape index (κ1) is 13.2. The van der Waals surface area contributed by atoms with E-state index in [-0.39, 0.29) is 5.82 Å². The van der Waals surface area contributed by atoms with Gasteiger partial charge in [-0.25, -0.2) is 4.39 Å². The smallest absolute Gasteiger partial charge is 0.124 e. The molecule has 0 N–H and O–H groups in total. The van der Waals surface area contributed by atoms with Gasteiger partial charge in [-0.15, -0.1) is 0 Å². The lowest BCUT2D eigenvalue weighted by Gasteiger charge is -2.23. The minimum Gasteiger partial charge on any atom is -0.207 e. The van der Waals surface area contributed by atoms with Crippen molar-refractivity contribution < 1.29 is 4.39 Å². The Labute approximate surface area is 108 Å². The number of alkyl halides is 1. The largest absolute Gasteiger partial charge is 0.207 e. The van der Waals surface area contributed by atoms with Gasteiger partial charge in [0.2, 0.25) is 0 Å². The van der Waals surface area contributed by atoms with E-state index in [4.69, 9.17) is 0 Å². The Morgan fingerprint density at radius 1 is 1.20 bits per heavy atom. The van der Waals surface area contributed by atoms with Gasteiger partial charge in [0.25, 0.3) is 0 Å². The molecule has 0 nitrogen and oxygen atoms in total. The lowest BCUT2D eigenvalue weighted by Crippen LogP contribution is -2.16. The number of rotatable bonds is 3. The van der Waals surface area contributed by atoms with Gasteiger partial charge in [-0.05, 0) is 29.5 Å². The van der Waals surface area contributed by atoms with Crippen molar-refractivity contribution in [1.29, 1.82) is 0 Å². The molecule has 2 atom stereocenters. The van der Waals surface area contributed by atoms with Crippen molar-refractivity contribution in [1.82, 2.24) is 0 Å². The second-order valence-corrected chi connectivity index (χ2v) is 6.05. The molecule has 2 unspecified atom stereocenters. The third-order valence-electron chi connectivity index (χ3n) is 2.57. The van der Waals surface area contributed by atoms with Crippen LogP contribution in [0.3, 0.4) is 0 Å². The van der Waals surface area contributed by atoms with Crippen LogP contribution in [0.5, 0.6) is 0 Å². The maximum atomic E-state index is 12.9. The van der Waals surface area contributed by atoms with Crippen LogP contribution in [-0.4, -0.2) is 4.83 Å². The molecule has 15 heavy (non-hydrogen) atoms. The predicted molar refractivity (Wildman–Crippen MR) is 70.1 cm³/mol. The Kier molecular flexibility index (Phi) is 4.78. The maximum absolute atomic E-state index is 12.9. The van der Waals surface area contributed by atoms with Crippen LogP contribution in [0.2, 0.25) is 0 Å². The fraction of sp³-hybridized carbons (Fsp3) is 0.500. The molecule has 0 aliphatic rings. The van der Waals surface area contributed by atoms with Crippen LogP contribution in [-0.2, 0) is 0 Å². The van der Waals surface area contributed by atoms with E-state index in [2.05, 4.69) is 52.6 Å². The van der Waals surface area contributed by atoms with E-state index in [9.17, 15) is 4.39 Å². The Balaban J connectivity index is 2.96. The summed E-state index contributed by atoms with van der Waals surface area (Å²) in [6.45, 7) is 6.50. The van der Waals surface area contributed by atoms with E-state index >= 15 is 0 Å². The Morgan fingerprint density at radius 2 is 1.80 bits per heavy atom. The van der Waals surface area contributed by atoms with E-state index in [1.54, 1.807) is 0 Å². The molecule has 0 aliphatic carbocycles. The number of hydrogen-bond donors (Lipinski definition) is 0. The first-order valence-corrected chi connectivity index (χ1v) is 6.73. The first-order chi connectivity index (χ1) is 6.93. The molecule has 0 radical (unpaired) electrons. The van der Waals surface area contributed by atoms with Crippen molar-refractivity contribution in [2.75, 3.05) is 0 Å². The molecule has 3 heteroatoms. The highest BCUT2D eigenvalue weighted by molar-refractivity contribution is 9.10. The molecule has 0 bridgehead atoms. The molecule has 0 saturated carbocycles. The van der Waals surface area contributed by atoms with Crippen molar-refractivity contribution >= 4 is 31.9 Å². The predicted octanol–water partition coefficient (Wildman–Crippen LogP) is 5.11. The van der Waals surface area contributed by atoms with Gasteiger partial charge < -0.3 is 0 Å². The molecule has 84 valence electrons. The highest BCUT2D eigenvalue weighted by Crippen LogP contribution is 2.34.